The van der Waals surface area contributed by atoms with E-state index in [1.165, 1.54) is 106 Å². The van der Waals surface area contributed by atoms with E-state index in [0.717, 1.165) is 72.0 Å². The molecule has 0 fully saturated rings. The van der Waals surface area contributed by atoms with Gasteiger partial charge < -0.3 is 4.42 Å². The van der Waals surface area contributed by atoms with Crippen molar-refractivity contribution in [2.75, 3.05) is 0 Å². The van der Waals surface area contributed by atoms with Gasteiger partial charge in [0, 0.05) is 76.8 Å². The smallest absolute Gasteiger partial charge is 0.226 e. The molecule has 0 saturated carbocycles. The summed E-state index contributed by atoms with van der Waals surface area (Å²) in [6.45, 7) is 22.7. The van der Waals surface area contributed by atoms with Gasteiger partial charge in [0.1, 0.15) is 11.2 Å². The molecule has 14 aromatic carbocycles. The zero-order valence-corrected chi connectivity index (χ0v) is 74.8. The Kier molecular flexibility index (Phi) is 19.8. The number of fused-ring (bicyclic) bond motifs is 18. The van der Waals surface area contributed by atoms with Gasteiger partial charge in [0.15, 0.2) is 46.6 Å². The average molecular weight is 1740 g/mol. The first kappa shape index (κ1) is 81.1. The van der Waals surface area contributed by atoms with Gasteiger partial charge in [-0.1, -0.05) is 366 Å². The van der Waals surface area contributed by atoms with Gasteiger partial charge in [-0.05, 0) is 176 Å². The molecule has 19 aromatic rings. The normalized spacial score (nSPS) is 14.3. The van der Waals surface area contributed by atoms with E-state index in [-0.39, 0.29) is 48.2 Å². The maximum absolute atomic E-state index is 6.60. The van der Waals surface area contributed by atoms with Crippen LogP contribution in [0.4, 0.5) is 0 Å². The SMILES string of the molecule is CC1(C)c2ccccc2-c2c(-c3nc(Cl)nc(-c4cccc5c4-c4ccccc4C5(C)C)n3)cccc21.CC1(C)c2ccccc2-c2c(-c3nc(Cl)nc(-c4cccc5c4oc4ccccc45)n3)cccc21.CC1(C)c2ccccc2-c2c(-c3nc(Cl)nc(-c4ccccc4)n3)cccc21.CC1(C)c2ccccc2-c2cc(-c3nc(Cl)nc(-c4ccccc4)n3)ccc21. The fourth-order valence-electron chi connectivity index (χ4n) is 20.1. The summed E-state index contributed by atoms with van der Waals surface area (Å²) in [5.74, 6) is 4.60. The minimum absolute atomic E-state index is 0.0175. The van der Waals surface area contributed by atoms with Crippen molar-refractivity contribution in [3.8, 4) is 147 Å². The monoisotopic (exact) mass is 1740 g/mol. The van der Waals surface area contributed by atoms with E-state index in [0.29, 0.717) is 46.6 Å². The van der Waals surface area contributed by atoms with Crippen molar-refractivity contribution in [1.82, 2.24) is 59.8 Å². The first-order valence-electron chi connectivity index (χ1n) is 42.8. The molecule has 0 saturated heterocycles. The molecule has 620 valence electrons. The number of para-hydroxylation sites is 2. The Labute approximate surface area is 762 Å². The minimum Gasteiger partial charge on any atom is -0.455 e. The number of halogens is 4. The molecule has 13 nitrogen and oxygen atoms in total. The number of nitrogens with zero attached hydrogens (tertiary/aromatic N) is 12. The Bertz CT molecular complexity index is 7630. The molecule has 17 heteroatoms. The molecule has 0 N–H and O–H groups in total. The van der Waals surface area contributed by atoms with E-state index in [4.69, 9.17) is 65.8 Å². The highest BCUT2D eigenvalue weighted by atomic mass is 35.5. The lowest BCUT2D eigenvalue weighted by atomic mass is 9.82. The first-order chi connectivity index (χ1) is 61.9. The van der Waals surface area contributed by atoms with Gasteiger partial charge in [-0.3, -0.25) is 0 Å². The van der Waals surface area contributed by atoms with Crippen LogP contribution in [0, 0.1) is 0 Å². The Morgan fingerprint density at radius 1 is 0.188 bits per heavy atom. The van der Waals surface area contributed by atoms with Gasteiger partial charge in [0.25, 0.3) is 0 Å². The summed E-state index contributed by atoms with van der Waals surface area (Å²) >= 11 is 25.6. The van der Waals surface area contributed by atoms with Crippen LogP contribution in [0.2, 0.25) is 21.1 Å². The highest BCUT2D eigenvalue weighted by Crippen LogP contribution is 2.58. The zero-order chi connectivity index (χ0) is 87.9. The van der Waals surface area contributed by atoms with E-state index in [2.05, 4.69) is 339 Å². The van der Waals surface area contributed by atoms with Gasteiger partial charge in [-0.15, -0.1) is 0 Å². The Balaban J connectivity index is 0.000000105. The lowest BCUT2D eigenvalue weighted by Gasteiger charge is -2.21. The van der Waals surface area contributed by atoms with Crippen LogP contribution in [0.1, 0.15) is 125 Å². The number of aromatic nitrogens is 12. The maximum atomic E-state index is 6.60. The van der Waals surface area contributed by atoms with Crippen LogP contribution in [-0.2, 0) is 27.1 Å². The second-order valence-electron chi connectivity index (χ2n) is 35.5. The molecule has 5 aliphatic carbocycles. The van der Waals surface area contributed by atoms with Gasteiger partial charge >= 0.3 is 0 Å². The lowest BCUT2D eigenvalue weighted by molar-refractivity contribution is 0.660. The quantitative estimate of drug-likeness (QED) is 0.141. The molecule has 0 atom stereocenters. The van der Waals surface area contributed by atoms with Crippen molar-refractivity contribution in [2.45, 2.75) is 96.3 Å². The summed E-state index contributed by atoms with van der Waals surface area (Å²) < 4.78 is 6.23. The molecule has 0 radical (unpaired) electrons. The molecule has 0 unspecified atom stereocenters. The average Bonchev–Trinajstić information content (AvgIpc) is 1.58. The summed E-state index contributed by atoms with van der Waals surface area (Å²) in [5, 5.41) is 2.83. The van der Waals surface area contributed by atoms with Gasteiger partial charge in [0.2, 0.25) is 21.1 Å². The zero-order valence-electron chi connectivity index (χ0n) is 71.8. The van der Waals surface area contributed by atoms with Crippen molar-refractivity contribution in [1.29, 1.82) is 0 Å². The highest BCUT2D eigenvalue weighted by molar-refractivity contribution is 6.29. The maximum Gasteiger partial charge on any atom is 0.226 e. The molecule has 0 bridgehead atoms. The Hall–Kier alpha value is -13.9. The summed E-state index contributed by atoms with van der Waals surface area (Å²) in [6.07, 6.45) is 0. The summed E-state index contributed by atoms with van der Waals surface area (Å²) in [6, 6.07) is 109. The molecule has 128 heavy (non-hydrogen) atoms. The van der Waals surface area contributed by atoms with E-state index >= 15 is 0 Å². The Morgan fingerprint density at radius 2 is 0.438 bits per heavy atom. The number of furan rings is 1. The summed E-state index contributed by atoms with van der Waals surface area (Å²) in [4.78, 5) is 55.3. The third kappa shape index (κ3) is 13.6. The van der Waals surface area contributed by atoms with Crippen LogP contribution in [0.5, 0.6) is 0 Å². The summed E-state index contributed by atoms with van der Waals surface area (Å²) in [7, 11) is 0. The van der Waals surface area contributed by atoms with Gasteiger partial charge in [-0.25, -0.2) is 19.9 Å². The molecule has 5 heterocycles. The topological polar surface area (TPSA) is 168 Å². The minimum atomic E-state index is -0.110. The number of hydrogen-bond acceptors (Lipinski definition) is 13. The third-order valence-corrected chi connectivity index (χ3v) is 27.1. The van der Waals surface area contributed by atoms with E-state index < -0.39 is 0 Å². The predicted octanol–water partition coefficient (Wildman–Crippen LogP) is 28.9. The fraction of sp³-hybridized carbons (Fsp3) is 0.135. The molecule has 0 amide bonds. The van der Waals surface area contributed by atoms with Crippen molar-refractivity contribution in [3.63, 3.8) is 0 Å². The van der Waals surface area contributed by atoms with Crippen LogP contribution >= 0.6 is 46.4 Å². The van der Waals surface area contributed by atoms with Crippen molar-refractivity contribution in [3.05, 3.63) is 392 Å². The van der Waals surface area contributed by atoms with Crippen molar-refractivity contribution < 1.29 is 4.42 Å². The fourth-order valence-corrected chi connectivity index (χ4v) is 20.8. The third-order valence-electron chi connectivity index (χ3n) is 26.4. The largest absolute Gasteiger partial charge is 0.455 e. The van der Waals surface area contributed by atoms with E-state index in [9.17, 15) is 0 Å². The number of rotatable bonds is 8. The first-order valence-corrected chi connectivity index (χ1v) is 44.3. The molecule has 5 aromatic heterocycles. The van der Waals surface area contributed by atoms with Gasteiger partial charge in [0.05, 0.1) is 5.56 Å². The number of benzene rings is 14. The van der Waals surface area contributed by atoms with Gasteiger partial charge in [-0.2, -0.15) is 39.9 Å². The van der Waals surface area contributed by atoms with Crippen molar-refractivity contribution in [2.24, 2.45) is 0 Å². The molecule has 0 spiro atoms. The highest BCUT2D eigenvalue weighted by Gasteiger charge is 2.43. The lowest BCUT2D eigenvalue weighted by Crippen LogP contribution is -2.14. The molecule has 5 aliphatic rings. The van der Waals surface area contributed by atoms with Crippen LogP contribution in [0.15, 0.2) is 320 Å². The standard InChI is InChI=1S/C33H26ClN3.C30H20ClN3O.2C24H18ClN3/c1-32(2)23-15-7-5-11-19(23)27-21(13-9-17-25(27)32)29-35-30(37-31(34)36-29)22-14-10-18-26-28(22)20-12-6-8-16-24(20)33(26,3)4;1-30(2)22-14-5-3-10-19(22)25-20(12-8-15-23(25)30)27-32-28(34-29(31)33-27)21-13-7-11-18-17-9-4-6-16-24(17)35-26(18)21;1-24(2)18-13-7-6-11-16(18)20-17(12-8-14-19(20)24)22-26-21(27-23(25)28-22)15-9-4-3-5-10-15;1-24(2)19-11-7-6-10-17(19)18-14-16(12-13-20(18)24)22-26-21(27-23(25)28-22)15-8-4-3-5-9-15/h5-18H,1-4H3;3-16H,1-2H3;2*3-14H,1-2H3. The molecular weight excluding hydrogens is 1660 g/mol. The van der Waals surface area contributed by atoms with Crippen LogP contribution in [0.3, 0.4) is 0 Å². The number of hydrogen-bond donors (Lipinski definition) is 0. The second-order valence-corrected chi connectivity index (χ2v) is 36.9. The van der Waals surface area contributed by atoms with E-state index in [1.54, 1.807) is 0 Å². The molecule has 0 aliphatic heterocycles. The summed E-state index contributed by atoms with van der Waals surface area (Å²) in [5.41, 5.74) is 33.8. The van der Waals surface area contributed by atoms with Crippen LogP contribution in [0.25, 0.3) is 169 Å². The van der Waals surface area contributed by atoms with E-state index in [1.807, 2.05) is 91.0 Å². The molecule has 24 rings (SSSR count). The Morgan fingerprint density at radius 3 is 0.828 bits per heavy atom. The second kappa shape index (κ2) is 31.3. The predicted molar refractivity (Wildman–Crippen MR) is 518 cm³/mol. The van der Waals surface area contributed by atoms with Crippen LogP contribution in [-0.4, -0.2) is 59.8 Å². The van der Waals surface area contributed by atoms with Crippen molar-refractivity contribution >= 4 is 68.3 Å². The van der Waals surface area contributed by atoms with Crippen LogP contribution < -0.4 is 0 Å². The molecular formula is C111H82Cl4N12O.